The van der Waals surface area contributed by atoms with Crippen molar-refractivity contribution >= 4 is 21.8 Å². The van der Waals surface area contributed by atoms with Crippen LogP contribution < -0.4 is 11.0 Å². The quantitative estimate of drug-likeness (QED) is 0.618. The van der Waals surface area contributed by atoms with Crippen LogP contribution >= 0.6 is 0 Å². The van der Waals surface area contributed by atoms with Gasteiger partial charge in [-0.1, -0.05) is 17.7 Å². The Morgan fingerprint density at radius 3 is 2.52 bits per heavy atom. The second-order valence-corrected chi connectivity index (χ2v) is 7.09. The van der Waals surface area contributed by atoms with Gasteiger partial charge in [-0.2, -0.15) is 13.5 Å². The molecule has 1 aliphatic heterocycles. The van der Waals surface area contributed by atoms with E-state index >= 15 is 0 Å². The largest absolute Gasteiger partial charge is 0.492 e. The van der Waals surface area contributed by atoms with Gasteiger partial charge in [0.05, 0.1) is 4.90 Å². The van der Waals surface area contributed by atoms with E-state index in [4.69, 9.17) is 9.29 Å². The van der Waals surface area contributed by atoms with Gasteiger partial charge >= 0.3 is 0 Å². The van der Waals surface area contributed by atoms with Crippen LogP contribution in [0.2, 0.25) is 0 Å². The van der Waals surface area contributed by atoms with Crippen LogP contribution in [0.15, 0.2) is 63.3 Å². The summed E-state index contributed by atoms with van der Waals surface area (Å²) in [5, 5.41) is 4.18. The summed E-state index contributed by atoms with van der Waals surface area (Å²) in [4.78, 5) is 23.1. The molecule has 27 heavy (non-hydrogen) atoms. The van der Waals surface area contributed by atoms with Gasteiger partial charge in [0, 0.05) is 24.5 Å². The first-order valence-electron chi connectivity index (χ1n) is 7.72. The number of rotatable bonds is 1. The lowest BCUT2D eigenvalue weighted by atomic mass is 10.2. The predicted octanol–water partition coefficient (Wildman–Crippen LogP) is 1.06. The zero-order valence-corrected chi connectivity index (χ0v) is 15.0. The molecule has 0 spiro atoms. The lowest BCUT2D eigenvalue weighted by Gasteiger charge is -2.13. The van der Waals surface area contributed by atoms with Crippen LogP contribution in [0.1, 0.15) is 11.4 Å². The maximum atomic E-state index is 12.0. The van der Waals surface area contributed by atoms with Crippen molar-refractivity contribution in [1.29, 1.82) is 0 Å². The van der Waals surface area contributed by atoms with E-state index in [1.165, 1.54) is 52.0 Å². The second-order valence-electron chi connectivity index (χ2n) is 5.67. The zero-order chi connectivity index (χ0) is 19.6. The summed E-state index contributed by atoms with van der Waals surface area (Å²) < 4.78 is 37.4. The van der Waals surface area contributed by atoms with Crippen molar-refractivity contribution in [3.8, 4) is 0 Å². The molecular formula is C17H15N3O6S. The zero-order valence-electron chi connectivity index (χ0n) is 14.1. The number of aryl methyl sites for hydroxylation is 1. The predicted molar refractivity (Wildman–Crippen MR) is 96.8 cm³/mol. The average Bonchev–Trinajstić information content (AvgIpc) is 2.63. The van der Waals surface area contributed by atoms with Crippen LogP contribution in [0, 0.1) is 6.92 Å². The molecule has 0 saturated heterocycles. The highest BCUT2D eigenvalue weighted by molar-refractivity contribution is 7.85. The number of fused-ring (bicyclic) bond motifs is 2. The summed E-state index contributed by atoms with van der Waals surface area (Å²) >= 11 is 0. The van der Waals surface area contributed by atoms with Crippen molar-refractivity contribution in [3.63, 3.8) is 0 Å². The molecule has 10 heteroatoms. The van der Waals surface area contributed by atoms with E-state index in [9.17, 15) is 18.0 Å². The first-order chi connectivity index (χ1) is 12.8. The third-order valence-corrected chi connectivity index (χ3v) is 4.55. The highest BCUT2D eigenvalue weighted by Crippen LogP contribution is 2.08. The maximum absolute atomic E-state index is 12.0. The van der Waals surface area contributed by atoms with Gasteiger partial charge in [-0.15, -0.1) is 0 Å². The number of benzene rings is 1. The molecule has 3 heterocycles. The molecule has 3 aromatic rings. The van der Waals surface area contributed by atoms with Gasteiger partial charge in [0.15, 0.2) is 11.3 Å². The van der Waals surface area contributed by atoms with Gasteiger partial charge in [-0.3, -0.25) is 18.7 Å². The van der Waals surface area contributed by atoms with E-state index < -0.39 is 10.1 Å². The summed E-state index contributed by atoms with van der Waals surface area (Å²) in [5.41, 5.74) is 0.720. The maximum Gasteiger partial charge on any atom is 0.294 e. The Kier molecular flexibility index (Phi) is 4.93. The van der Waals surface area contributed by atoms with Crippen LogP contribution in [0.3, 0.4) is 0 Å². The molecule has 0 amide bonds. The van der Waals surface area contributed by atoms with Crippen LogP contribution in [0.4, 0.5) is 0 Å². The van der Waals surface area contributed by atoms with E-state index in [0.717, 1.165) is 5.56 Å². The van der Waals surface area contributed by atoms with Crippen molar-refractivity contribution in [2.75, 3.05) is 0 Å². The van der Waals surface area contributed by atoms with Crippen molar-refractivity contribution in [2.45, 2.75) is 18.4 Å². The Bertz CT molecular complexity index is 1240. The van der Waals surface area contributed by atoms with Crippen LogP contribution in [-0.2, 0) is 21.5 Å². The van der Waals surface area contributed by atoms with Gasteiger partial charge in [-0.05, 0) is 19.1 Å². The number of nitrogens with zero attached hydrogens (tertiary/aromatic N) is 3. The van der Waals surface area contributed by atoms with E-state index in [0.29, 0.717) is 5.82 Å². The fraction of sp³-hybridized carbons (Fsp3) is 0.118. The summed E-state index contributed by atoms with van der Waals surface area (Å²) in [6.45, 7) is 2.08. The molecule has 2 aromatic heterocycles. The van der Waals surface area contributed by atoms with Crippen molar-refractivity contribution in [1.82, 2.24) is 14.2 Å². The van der Waals surface area contributed by atoms with Crippen LogP contribution in [0.5, 0.6) is 0 Å². The average molecular weight is 389 g/mol. The molecule has 0 saturated carbocycles. The molecule has 0 radical (unpaired) electrons. The minimum absolute atomic E-state index is 0.0666. The van der Waals surface area contributed by atoms with Crippen molar-refractivity contribution < 1.29 is 17.7 Å². The minimum atomic E-state index is -4.02. The van der Waals surface area contributed by atoms with Gasteiger partial charge in [0.2, 0.25) is 0 Å². The third kappa shape index (κ3) is 4.13. The fourth-order valence-corrected chi connectivity index (χ4v) is 2.80. The summed E-state index contributed by atoms with van der Waals surface area (Å²) in [7, 11) is -4.02. The molecule has 0 fully saturated rings. The van der Waals surface area contributed by atoms with Crippen LogP contribution in [-0.4, -0.2) is 27.2 Å². The van der Waals surface area contributed by atoms with Gasteiger partial charge in [0.25, 0.3) is 15.7 Å². The Balaban J connectivity index is 0.000000168. The number of hydrogen-bond donors (Lipinski definition) is 1. The number of ether oxygens (including phenoxy) is 1. The highest BCUT2D eigenvalue weighted by Gasteiger charge is 2.11. The summed E-state index contributed by atoms with van der Waals surface area (Å²) in [6.07, 6.45) is 4.39. The SMILES string of the molecule is Cc1ccc(S(=O)(=O)O)cc1.O=c1ccn2nc3n(c(=O)c2c1)C=COC3. The normalized spacial score (nSPS) is 12.7. The minimum Gasteiger partial charge on any atom is -0.492 e. The Hall–Kier alpha value is -3.24. The molecule has 0 atom stereocenters. The van der Waals surface area contributed by atoms with Gasteiger partial charge in [0.1, 0.15) is 18.4 Å². The highest BCUT2D eigenvalue weighted by atomic mass is 32.2. The van der Waals surface area contributed by atoms with Gasteiger partial charge < -0.3 is 4.74 Å². The molecule has 140 valence electrons. The molecule has 1 N–H and O–H groups in total. The lowest BCUT2D eigenvalue weighted by Crippen LogP contribution is -2.27. The molecule has 0 unspecified atom stereocenters. The standard InChI is InChI=1S/C10H7N3O3.C7H8O3S/c14-7-1-2-13-8(5-7)10(15)12-3-4-16-6-9(12)11-13;1-6-2-4-7(5-3-6)11(8,9)10/h1-5H,6H2;2-5H,1H3,(H,8,9,10). The number of pyridine rings is 1. The summed E-state index contributed by atoms with van der Waals surface area (Å²) in [5.74, 6) is 0.503. The molecule has 1 aliphatic rings. The molecule has 9 nitrogen and oxygen atoms in total. The van der Waals surface area contributed by atoms with Crippen LogP contribution in [0.25, 0.3) is 11.7 Å². The Morgan fingerprint density at radius 2 is 1.85 bits per heavy atom. The topological polar surface area (TPSA) is 120 Å². The first-order valence-corrected chi connectivity index (χ1v) is 9.16. The molecular weight excluding hydrogens is 374 g/mol. The Morgan fingerprint density at radius 1 is 1.15 bits per heavy atom. The lowest BCUT2D eigenvalue weighted by molar-refractivity contribution is 0.216. The molecule has 4 rings (SSSR count). The van der Waals surface area contributed by atoms with E-state index in [2.05, 4.69) is 5.10 Å². The van der Waals surface area contributed by atoms with Gasteiger partial charge in [-0.25, -0.2) is 4.52 Å². The monoisotopic (exact) mass is 389 g/mol. The first kappa shape index (κ1) is 18.5. The third-order valence-electron chi connectivity index (χ3n) is 3.68. The molecule has 0 bridgehead atoms. The van der Waals surface area contributed by atoms with Crippen molar-refractivity contribution in [3.05, 3.63) is 80.8 Å². The van der Waals surface area contributed by atoms with E-state index in [1.807, 2.05) is 6.92 Å². The smallest absolute Gasteiger partial charge is 0.294 e. The second kappa shape index (κ2) is 7.17. The summed E-state index contributed by atoms with van der Waals surface area (Å²) in [6, 6.07) is 8.61. The van der Waals surface area contributed by atoms with Crippen molar-refractivity contribution in [2.24, 2.45) is 0 Å². The number of aromatic nitrogens is 3. The molecule has 0 aliphatic carbocycles. The number of hydrogen-bond acceptors (Lipinski definition) is 6. The Labute approximate surface area is 153 Å². The molecule has 1 aromatic carbocycles. The van der Waals surface area contributed by atoms with E-state index in [-0.39, 0.29) is 28.0 Å². The fourth-order valence-electron chi connectivity index (χ4n) is 2.32. The van der Waals surface area contributed by atoms with E-state index in [1.54, 1.807) is 12.1 Å².